The van der Waals surface area contributed by atoms with Gasteiger partial charge in [-0.15, -0.1) is 0 Å². The lowest BCUT2D eigenvalue weighted by atomic mass is 9.98. The first kappa shape index (κ1) is 30.3. The van der Waals surface area contributed by atoms with E-state index in [9.17, 15) is 26.8 Å². The fraction of sp³-hybridized carbons (Fsp3) is 0.433. The zero-order valence-corrected chi connectivity index (χ0v) is 24.9. The van der Waals surface area contributed by atoms with Crippen molar-refractivity contribution in [1.82, 2.24) is 19.4 Å². The number of sulfonamides is 1. The van der Waals surface area contributed by atoms with E-state index in [1.807, 2.05) is 12.1 Å². The summed E-state index contributed by atoms with van der Waals surface area (Å²) >= 11 is 0. The Morgan fingerprint density at radius 2 is 1.73 bits per heavy atom. The van der Waals surface area contributed by atoms with Gasteiger partial charge in [-0.2, -0.15) is 9.40 Å². The molecule has 2 saturated heterocycles. The molecule has 2 amide bonds. The first-order valence-electron chi connectivity index (χ1n) is 14.7. The summed E-state index contributed by atoms with van der Waals surface area (Å²) in [5.41, 5.74) is 2.69. The van der Waals surface area contributed by atoms with Crippen LogP contribution in [-0.2, 0) is 39.1 Å². The Labute approximate surface area is 254 Å². The fourth-order valence-corrected chi connectivity index (χ4v) is 7.42. The van der Waals surface area contributed by atoms with Crippen LogP contribution in [-0.4, -0.2) is 72.5 Å². The normalized spacial score (nSPS) is 18.2. The van der Waals surface area contributed by atoms with Crippen LogP contribution >= 0.6 is 0 Å². The van der Waals surface area contributed by atoms with Gasteiger partial charge in [0.25, 0.3) is 5.91 Å². The smallest absolute Gasteiger partial charge is 0.258 e. The number of carbonyl (C=O) groups is 2. The number of ether oxygens (including phenoxy) is 1. The quantitative estimate of drug-likeness (QED) is 0.347. The maximum absolute atomic E-state index is 13.8. The van der Waals surface area contributed by atoms with Gasteiger partial charge in [0, 0.05) is 62.5 Å². The number of nitrogens with one attached hydrogen (secondary N) is 3. The number of anilines is 2. The number of aromatic amines is 1. The molecule has 2 fully saturated rings. The molecule has 3 N–H and O–H groups in total. The summed E-state index contributed by atoms with van der Waals surface area (Å²) in [5, 5.41) is 12.8. The average molecular weight is 629 g/mol. The second-order valence-corrected chi connectivity index (χ2v) is 13.4. The lowest BCUT2D eigenvalue weighted by Gasteiger charge is -2.26. The summed E-state index contributed by atoms with van der Waals surface area (Å²) in [5.74, 6) is -2.78. The third kappa shape index (κ3) is 6.53. The van der Waals surface area contributed by atoms with Gasteiger partial charge in [-0.1, -0.05) is 6.07 Å². The highest BCUT2D eigenvalue weighted by Gasteiger charge is 2.33. The molecule has 14 heteroatoms. The number of H-pyrrole nitrogens is 1. The van der Waals surface area contributed by atoms with Crippen molar-refractivity contribution in [2.75, 3.05) is 43.5 Å². The van der Waals surface area contributed by atoms with Crippen LogP contribution in [0.2, 0.25) is 0 Å². The second-order valence-electron chi connectivity index (χ2n) is 11.4. The predicted octanol–water partition coefficient (Wildman–Crippen LogP) is 3.65. The number of hydrogen-bond acceptors (Lipinski definition) is 7. The molecule has 4 heterocycles. The highest BCUT2D eigenvalue weighted by atomic mass is 32.2. The van der Waals surface area contributed by atoms with Crippen molar-refractivity contribution >= 4 is 33.3 Å². The monoisotopic (exact) mass is 628 g/mol. The van der Waals surface area contributed by atoms with Gasteiger partial charge in [-0.25, -0.2) is 17.2 Å². The van der Waals surface area contributed by atoms with Crippen LogP contribution in [0.15, 0.2) is 41.3 Å². The summed E-state index contributed by atoms with van der Waals surface area (Å²) in [6, 6.07) is 7.52. The molecule has 3 aliphatic rings. The SMILES string of the molecule is O=C(Nc1n[nH]c2c1CN(S(=O)(=O)c1cc(F)cc(F)c1)CC2)c1ccc(CN2CCCC2)cc1NC(=O)C1CCOCC1. The Kier molecular flexibility index (Phi) is 8.76. The van der Waals surface area contributed by atoms with Crippen molar-refractivity contribution in [2.24, 2.45) is 5.92 Å². The Hall–Kier alpha value is -3.72. The molecule has 234 valence electrons. The second kappa shape index (κ2) is 12.7. The van der Waals surface area contributed by atoms with Crippen LogP contribution < -0.4 is 10.6 Å². The highest BCUT2D eigenvalue weighted by molar-refractivity contribution is 7.89. The number of amides is 2. The maximum atomic E-state index is 13.8. The van der Waals surface area contributed by atoms with E-state index in [0.717, 1.165) is 47.9 Å². The van der Waals surface area contributed by atoms with Gasteiger partial charge in [-0.05, 0) is 68.6 Å². The number of benzene rings is 2. The van der Waals surface area contributed by atoms with Crippen molar-refractivity contribution < 1.29 is 31.5 Å². The van der Waals surface area contributed by atoms with Crippen LogP contribution in [0.25, 0.3) is 0 Å². The van der Waals surface area contributed by atoms with Crippen molar-refractivity contribution in [1.29, 1.82) is 0 Å². The minimum atomic E-state index is -4.23. The minimum absolute atomic E-state index is 0.0594. The molecule has 0 spiro atoms. The van der Waals surface area contributed by atoms with E-state index in [-0.39, 0.29) is 42.7 Å². The number of rotatable bonds is 8. The number of carbonyl (C=O) groups excluding carboxylic acids is 2. The molecule has 0 unspecified atom stereocenters. The van der Waals surface area contributed by atoms with E-state index in [2.05, 4.69) is 25.7 Å². The number of likely N-dealkylation sites (tertiary alicyclic amines) is 1. The molecule has 0 radical (unpaired) electrons. The van der Waals surface area contributed by atoms with Crippen LogP contribution in [0.4, 0.5) is 20.3 Å². The van der Waals surface area contributed by atoms with Gasteiger partial charge in [0.15, 0.2) is 5.82 Å². The van der Waals surface area contributed by atoms with Crippen molar-refractivity contribution in [3.63, 3.8) is 0 Å². The van der Waals surface area contributed by atoms with Gasteiger partial charge < -0.3 is 15.4 Å². The van der Waals surface area contributed by atoms with Crippen molar-refractivity contribution in [3.05, 3.63) is 70.4 Å². The first-order chi connectivity index (χ1) is 21.2. The van der Waals surface area contributed by atoms with Gasteiger partial charge in [0.05, 0.1) is 16.1 Å². The Bertz CT molecular complexity index is 1650. The molecule has 0 atom stereocenters. The molecule has 0 aliphatic carbocycles. The summed E-state index contributed by atoms with van der Waals surface area (Å²) in [6.45, 7) is 3.61. The molecule has 3 aliphatic heterocycles. The standard InChI is InChI=1S/C30H34F2N6O5S/c31-21-14-22(32)16-23(15-21)44(41,42)38-10-5-26-25(18-38)28(36-35-26)34-30(40)24-4-3-19(17-37-8-1-2-9-37)13-27(24)33-29(39)20-6-11-43-12-7-20/h3-4,13-16,20H,1-2,5-12,17-18H2,(H,33,39)(H2,34,35,36,40). The molecule has 2 aromatic carbocycles. The number of nitrogens with zero attached hydrogens (tertiary/aromatic N) is 3. The van der Waals surface area contributed by atoms with E-state index in [1.54, 1.807) is 6.07 Å². The molecule has 3 aromatic rings. The molecular weight excluding hydrogens is 594 g/mol. The Morgan fingerprint density at radius 3 is 2.45 bits per heavy atom. The molecule has 11 nitrogen and oxygen atoms in total. The van der Waals surface area contributed by atoms with E-state index in [1.165, 1.54) is 0 Å². The van der Waals surface area contributed by atoms with Crippen LogP contribution in [0.3, 0.4) is 0 Å². The van der Waals surface area contributed by atoms with E-state index in [0.29, 0.717) is 55.6 Å². The topological polar surface area (TPSA) is 137 Å². The van der Waals surface area contributed by atoms with E-state index < -0.39 is 32.5 Å². The average Bonchev–Trinajstić information content (AvgIpc) is 3.67. The lowest BCUT2D eigenvalue weighted by Crippen LogP contribution is -2.36. The molecule has 6 rings (SSSR count). The number of fused-ring (bicyclic) bond motifs is 1. The first-order valence-corrected chi connectivity index (χ1v) is 16.2. The van der Waals surface area contributed by atoms with Gasteiger partial charge in [-0.3, -0.25) is 19.6 Å². The predicted molar refractivity (Wildman–Crippen MR) is 157 cm³/mol. The van der Waals surface area contributed by atoms with Gasteiger partial charge in [0.1, 0.15) is 11.6 Å². The summed E-state index contributed by atoms with van der Waals surface area (Å²) in [4.78, 5) is 28.6. The number of halogens is 2. The van der Waals surface area contributed by atoms with E-state index in [4.69, 9.17) is 4.74 Å². The molecule has 0 saturated carbocycles. The maximum Gasteiger partial charge on any atom is 0.258 e. The highest BCUT2D eigenvalue weighted by Crippen LogP contribution is 2.30. The van der Waals surface area contributed by atoms with Gasteiger partial charge in [0.2, 0.25) is 15.9 Å². The third-order valence-corrected chi connectivity index (χ3v) is 10.2. The zero-order valence-electron chi connectivity index (χ0n) is 24.1. The van der Waals surface area contributed by atoms with Crippen molar-refractivity contribution in [3.8, 4) is 0 Å². The van der Waals surface area contributed by atoms with Crippen LogP contribution in [0.5, 0.6) is 0 Å². The summed E-state index contributed by atoms with van der Waals surface area (Å²) < 4.78 is 60.6. The fourth-order valence-electron chi connectivity index (χ4n) is 5.96. The van der Waals surface area contributed by atoms with Crippen LogP contribution in [0, 0.1) is 17.6 Å². The molecule has 0 bridgehead atoms. The minimum Gasteiger partial charge on any atom is -0.381 e. The third-order valence-electron chi connectivity index (χ3n) is 8.39. The number of hydrogen-bond donors (Lipinski definition) is 3. The molecular formula is C30H34F2N6O5S. The Morgan fingerprint density at radius 1 is 1.00 bits per heavy atom. The summed E-state index contributed by atoms with van der Waals surface area (Å²) in [6.07, 6.45) is 3.73. The summed E-state index contributed by atoms with van der Waals surface area (Å²) in [7, 11) is -4.23. The van der Waals surface area contributed by atoms with Gasteiger partial charge >= 0.3 is 0 Å². The lowest BCUT2D eigenvalue weighted by molar-refractivity contribution is -0.122. The zero-order chi connectivity index (χ0) is 30.8. The molecule has 1 aromatic heterocycles. The van der Waals surface area contributed by atoms with Crippen molar-refractivity contribution in [2.45, 2.75) is 50.1 Å². The molecule has 44 heavy (non-hydrogen) atoms. The van der Waals surface area contributed by atoms with Crippen LogP contribution in [0.1, 0.15) is 52.9 Å². The largest absolute Gasteiger partial charge is 0.381 e. The Balaban J connectivity index is 1.23. The van der Waals surface area contributed by atoms with E-state index >= 15 is 0 Å². The number of aromatic nitrogens is 2.